The molecule has 7 nitrogen and oxygen atoms in total. The van der Waals surface area contributed by atoms with Crippen LogP contribution in [0.4, 0.5) is 11.4 Å². The number of anilines is 2. The van der Waals surface area contributed by atoms with Gasteiger partial charge in [-0.25, -0.2) is 0 Å². The maximum Gasteiger partial charge on any atom is 0.233 e. The quantitative estimate of drug-likeness (QED) is 0.722. The third kappa shape index (κ3) is 5.03. The van der Waals surface area contributed by atoms with Crippen molar-refractivity contribution in [3.8, 4) is 17.2 Å². The molecule has 0 aliphatic heterocycles. The summed E-state index contributed by atoms with van der Waals surface area (Å²) in [5, 5.41) is 5.68. The van der Waals surface area contributed by atoms with Gasteiger partial charge in [-0.05, 0) is 30.3 Å². The maximum atomic E-state index is 12.1. The standard InChI is InChI=1S/C18H19ClN2O5/c1-24-12-5-6-13(16(9-12)26-3)20-17(22)10-18(23)21-14-8-11(19)4-7-15(14)25-2/h4-9H,10H2,1-3H3,(H,20,22)(H,21,23). The topological polar surface area (TPSA) is 85.9 Å². The molecule has 0 aliphatic rings. The SMILES string of the molecule is COc1ccc(NC(=O)CC(=O)Nc2cc(Cl)ccc2OC)c(OC)c1. The van der Waals surface area contributed by atoms with Gasteiger partial charge in [-0.3, -0.25) is 9.59 Å². The minimum absolute atomic E-state index is 0.384. The van der Waals surface area contributed by atoms with E-state index in [2.05, 4.69) is 10.6 Å². The first kappa shape index (κ1) is 19.4. The summed E-state index contributed by atoms with van der Waals surface area (Å²) in [6.45, 7) is 0. The van der Waals surface area contributed by atoms with E-state index in [-0.39, 0.29) is 6.42 Å². The Morgan fingerprint density at radius 3 is 2.12 bits per heavy atom. The van der Waals surface area contributed by atoms with Gasteiger partial charge in [0.15, 0.2) is 0 Å². The lowest BCUT2D eigenvalue weighted by molar-refractivity contribution is -0.123. The lowest BCUT2D eigenvalue weighted by Gasteiger charge is -2.12. The molecule has 0 fully saturated rings. The second kappa shape index (κ2) is 8.96. The van der Waals surface area contributed by atoms with Crippen molar-refractivity contribution in [2.45, 2.75) is 6.42 Å². The molecule has 0 atom stereocenters. The van der Waals surface area contributed by atoms with Crippen LogP contribution >= 0.6 is 11.6 Å². The minimum Gasteiger partial charge on any atom is -0.497 e. The molecule has 0 radical (unpaired) electrons. The van der Waals surface area contributed by atoms with Gasteiger partial charge in [0.1, 0.15) is 23.7 Å². The van der Waals surface area contributed by atoms with Crippen LogP contribution in [0.3, 0.4) is 0 Å². The molecule has 0 bridgehead atoms. The van der Waals surface area contributed by atoms with Gasteiger partial charge >= 0.3 is 0 Å². The molecule has 0 spiro atoms. The molecule has 2 rings (SSSR count). The largest absolute Gasteiger partial charge is 0.497 e. The van der Waals surface area contributed by atoms with Crippen LogP contribution in [0.2, 0.25) is 5.02 Å². The Morgan fingerprint density at radius 1 is 0.846 bits per heavy atom. The maximum absolute atomic E-state index is 12.1. The molecule has 0 heterocycles. The van der Waals surface area contributed by atoms with E-state index in [9.17, 15) is 9.59 Å². The average molecular weight is 379 g/mol. The number of rotatable bonds is 7. The van der Waals surface area contributed by atoms with Gasteiger partial charge in [0, 0.05) is 11.1 Å². The highest BCUT2D eigenvalue weighted by Gasteiger charge is 2.15. The number of hydrogen-bond donors (Lipinski definition) is 2. The van der Waals surface area contributed by atoms with Crippen LogP contribution in [0.15, 0.2) is 36.4 Å². The van der Waals surface area contributed by atoms with E-state index in [4.69, 9.17) is 25.8 Å². The molecular weight excluding hydrogens is 360 g/mol. The zero-order valence-corrected chi connectivity index (χ0v) is 15.3. The summed E-state index contributed by atoms with van der Waals surface area (Å²) in [5.41, 5.74) is 0.825. The Morgan fingerprint density at radius 2 is 1.50 bits per heavy atom. The van der Waals surface area contributed by atoms with E-state index in [1.54, 1.807) is 36.4 Å². The number of carbonyl (C=O) groups is 2. The highest BCUT2D eigenvalue weighted by Crippen LogP contribution is 2.30. The molecule has 2 aromatic rings. The van der Waals surface area contributed by atoms with Crippen molar-refractivity contribution in [2.75, 3.05) is 32.0 Å². The number of carbonyl (C=O) groups excluding carboxylic acids is 2. The first-order valence-electron chi connectivity index (χ1n) is 7.62. The summed E-state index contributed by atoms with van der Waals surface area (Å²) in [4.78, 5) is 24.3. The monoisotopic (exact) mass is 378 g/mol. The Hall–Kier alpha value is -2.93. The number of halogens is 1. The van der Waals surface area contributed by atoms with Crippen molar-refractivity contribution in [2.24, 2.45) is 0 Å². The van der Waals surface area contributed by atoms with Crippen LogP contribution in [0.1, 0.15) is 6.42 Å². The Kier molecular flexibility index (Phi) is 6.68. The third-order valence-corrected chi connectivity index (χ3v) is 3.67. The van der Waals surface area contributed by atoms with Crippen LogP contribution < -0.4 is 24.8 Å². The Labute approximate surface area is 156 Å². The zero-order valence-electron chi connectivity index (χ0n) is 14.6. The number of nitrogens with one attached hydrogen (secondary N) is 2. The lowest BCUT2D eigenvalue weighted by Crippen LogP contribution is -2.22. The van der Waals surface area contributed by atoms with Crippen molar-refractivity contribution in [1.82, 2.24) is 0 Å². The van der Waals surface area contributed by atoms with Gasteiger partial charge < -0.3 is 24.8 Å². The molecule has 0 saturated heterocycles. The highest BCUT2D eigenvalue weighted by atomic mass is 35.5. The fourth-order valence-electron chi connectivity index (χ4n) is 2.21. The Balaban J connectivity index is 2.02. The summed E-state index contributed by atoms with van der Waals surface area (Å²) in [6, 6.07) is 9.75. The van der Waals surface area contributed by atoms with Crippen LogP contribution in [0, 0.1) is 0 Å². The molecule has 0 aliphatic carbocycles. The summed E-state index contributed by atoms with van der Waals surface area (Å²) < 4.78 is 15.5. The second-order valence-electron chi connectivity index (χ2n) is 5.18. The van der Waals surface area contributed by atoms with Crippen LogP contribution in [-0.4, -0.2) is 33.1 Å². The first-order valence-corrected chi connectivity index (χ1v) is 8.00. The predicted octanol–water partition coefficient (Wildman–Crippen LogP) is 3.33. The van der Waals surface area contributed by atoms with Gasteiger partial charge in [-0.2, -0.15) is 0 Å². The third-order valence-electron chi connectivity index (χ3n) is 3.44. The van der Waals surface area contributed by atoms with Crippen molar-refractivity contribution < 1.29 is 23.8 Å². The molecule has 138 valence electrons. The normalized spacial score (nSPS) is 10.0. The number of ether oxygens (including phenoxy) is 3. The summed E-state index contributed by atoms with van der Waals surface area (Å²) in [5.74, 6) is 0.461. The van der Waals surface area contributed by atoms with Crippen LogP contribution in [0.25, 0.3) is 0 Å². The molecule has 2 aromatic carbocycles. The second-order valence-corrected chi connectivity index (χ2v) is 5.62. The van der Waals surface area contributed by atoms with E-state index in [1.807, 2.05) is 0 Å². The smallest absolute Gasteiger partial charge is 0.233 e. The van der Waals surface area contributed by atoms with Gasteiger partial charge in [-0.15, -0.1) is 0 Å². The first-order chi connectivity index (χ1) is 12.5. The van der Waals surface area contributed by atoms with Crippen molar-refractivity contribution in [1.29, 1.82) is 0 Å². The number of hydrogen-bond acceptors (Lipinski definition) is 5. The fourth-order valence-corrected chi connectivity index (χ4v) is 2.39. The van der Waals surface area contributed by atoms with Crippen LogP contribution in [0.5, 0.6) is 17.2 Å². The van der Waals surface area contributed by atoms with Gasteiger partial charge in [0.25, 0.3) is 0 Å². The van der Waals surface area contributed by atoms with Gasteiger partial charge in [0.2, 0.25) is 11.8 Å². The number of benzene rings is 2. The summed E-state index contributed by atoms with van der Waals surface area (Å²) in [7, 11) is 4.48. The molecule has 8 heteroatoms. The van der Waals surface area contributed by atoms with Crippen molar-refractivity contribution in [3.63, 3.8) is 0 Å². The molecular formula is C18H19ClN2O5. The van der Waals surface area contributed by atoms with E-state index < -0.39 is 11.8 Å². The number of amides is 2. The van der Waals surface area contributed by atoms with E-state index in [0.717, 1.165) is 0 Å². The molecule has 0 saturated carbocycles. The van der Waals surface area contributed by atoms with Gasteiger partial charge in [-0.1, -0.05) is 11.6 Å². The van der Waals surface area contributed by atoms with E-state index in [0.29, 0.717) is 33.6 Å². The van der Waals surface area contributed by atoms with Crippen molar-refractivity contribution >= 4 is 34.8 Å². The number of methoxy groups -OCH3 is 3. The lowest BCUT2D eigenvalue weighted by atomic mass is 10.2. The Bertz CT molecular complexity index is 810. The predicted molar refractivity (Wildman–Crippen MR) is 99.4 cm³/mol. The molecule has 0 unspecified atom stereocenters. The van der Waals surface area contributed by atoms with E-state index >= 15 is 0 Å². The minimum atomic E-state index is -0.504. The molecule has 2 N–H and O–H groups in total. The van der Waals surface area contributed by atoms with E-state index in [1.165, 1.54) is 21.3 Å². The van der Waals surface area contributed by atoms with Gasteiger partial charge in [0.05, 0.1) is 32.7 Å². The summed E-state index contributed by atoms with van der Waals surface area (Å²) in [6.07, 6.45) is -0.384. The fraction of sp³-hybridized carbons (Fsp3) is 0.222. The zero-order chi connectivity index (χ0) is 19.1. The molecule has 26 heavy (non-hydrogen) atoms. The molecule has 2 amide bonds. The average Bonchev–Trinajstić information content (AvgIpc) is 2.62. The van der Waals surface area contributed by atoms with Crippen molar-refractivity contribution in [3.05, 3.63) is 41.4 Å². The summed E-state index contributed by atoms with van der Waals surface area (Å²) >= 11 is 5.92. The highest BCUT2D eigenvalue weighted by molar-refractivity contribution is 6.31. The molecule has 0 aromatic heterocycles. The van der Waals surface area contributed by atoms with Crippen LogP contribution in [-0.2, 0) is 9.59 Å².